The molecule has 198 valence electrons. The van der Waals surface area contributed by atoms with Gasteiger partial charge in [-0.15, -0.1) is 10.2 Å². The van der Waals surface area contributed by atoms with E-state index in [0.717, 1.165) is 24.6 Å². The quantitative estimate of drug-likeness (QED) is 0.323. The molecule has 10 heteroatoms. The first-order valence-electron chi connectivity index (χ1n) is 12.6. The number of carbonyl (C=O) groups excluding carboxylic acids is 2. The van der Waals surface area contributed by atoms with Crippen LogP contribution in [-0.2, 0) is 20.9 Å². The Morgan fingerprint density at radius 3 is 2.39 bits per heavy atom. The predicted octanol–water partition coefficient (Wildman–Crippen LogP) is 4.11. The lowest BCUT2D eigenvalue weighted by Crippen LogP contribution is -2.37. The van der Waals surface area contributed by atoms with E-state index in [0.29, 0.717) is 29.2 Å². The highest BCUT2D eigenvalue weighted by Gasteiger charge is 2.42. The normalized spacial score (nSPS) is 17.2. The third kappa shape index (κ3) is 5.80. The van der Waals surface area contributed by atoms with E-state index in [2.05, 4.69) is 25.5 Å². The Labute approximate surface area is 221 Å². The van der Waals surface area contributed by atoms with Gasteiger partial charge >= 0.3 is 5.97 Å². The van der Waals surface area contributed by atoms with E-state index < -0.39 is 23.7 Å². The number of allylic oxidation sites excluding steroid dienone is 1. The zero-order valence-electron chi connectivity index (χ0n) is 22.0. The van der Waals surface area contributed by atoms with Gasteiger partial charge in [0.05, 0.1) is 6.61 Å². The smallest absolute Gasteiger partial charge is 0.315 e. The van der Waals surface area contributed by atoms with E-state index in [-0.39, 0.29) is 17.9 Å². The first-order chi connectivity index (χ1) is 18.3. The van der Waals surface area contributed by atoms with Gasteiger partial charge < -0.3 is 19.7 Å². The SMILES string of the molecule is CC1=NC(C)=C(C(=O)Nc2ccccn2)C(c2ccccc2O)C1C(=O)OCCCCn1c(C)nnc1C. The number of carbonyl (C=O) groups is 2. The second-order valence-electron chi connectivity index (χ2n) is 9.26. The number of esters is 1. The summed E-state index contributed by atoms with van der Waals surface area (Å²) in [5.41, 5.74) is 1.72. The number of benzene rings is 1. The lowest BCUT2D eigenvalue weighted by Gasteiger charge is -2.32. The topological polar surface area (TPSA) is 132 Å². The molecule has 2 atom stereocenters. The molecule has 2 N–H and O–H groups in total. The second kappa shape index (κ2) is 11.8. The van der Waals surface area contributed by atoms with Crippen LogP contribution in [0.4, 0.5) is 5.82 Å². The summed E-state index contributed by atoms with van der Waals surface area (Å²) in [6.07, 6.45) is 3.01. The van der Waals surface area contributed by atoms with Gasteiger partial charge in [-0.1, -0.05) is 24.3 Å². The van der Waals surface area contributed by atoms with E-state index in [9.17, 15) is 14.7 Å². The highest BCUT2D eigenvalue weighted by molar-refractivity contribution is 6.11. The van der Waals surface area contributed by atoms with Crippen LogP contribution in [0.25, 0.3) is 0 Å². The molecule has 2 unspecified atom stereocenters. The molecule has 0 aliphatic carbocycles. The lowest BCUT2D eigenvalue weighted by atomic mass is 9.75. The largest absolute Gasteiger partial charge is 0.508 e. The minimum atomic E-state index is -0.876. The van der Waals surface area contributed by atoms with Crippen molar-refractivity contribution >= 4 is 23.4 Å². The van der Waals surface area contributed by atoms with Gasteiger partial charge in [0.15, 0.2) is 0 Å². The van der Waals surface area contributed by atoms with Crippen LogP contribution in [0.5, 0.6) is 5.75 Å². The van der Waals surface area contributed by atoms with Crippen molar-refractivity contribution in [2.45, 2.75) is 53.0 Å². The summed E-state index contributed by atoms with van der Waals surface area (Å²) in [5, 5.41) is 21.7. The van der Waals surface area contributed by atoms with Gasteiger partial charge in [0.1, 0.15) is 29.1 Å². The fourth-order valence-corrected chi connectivity index (χ4v) is 4.79. The number of phenolic OH excluding ortho intramolecular Hbond substituents is 1. The zero-order valence-corrected chi connectivity index (χ0v) is 22.0. The number of amides is 1. The van der Waals surface area contributed by atoms with Gasteiger partial charge in [-0.25, -0.2) is 4.98 Å². The number of unbranched alkanes of at least 4 members (excludes halogenated alkanes) is 1. The Bertz CT molecular complexity index is 1360. The van der Waals surface area contributed by atoms with E-state index in [1.165, 1.54) is 6.07 Å². The van der Waals surface area contributed by atoms with Crippen molar-refractivity contribution in [2.75, 3.05) is 11.9 Å². The second-order valence-corrected chi connectivity index (χ2v) is 9.26. The molecule has 1 amide bonds. The number of para-hydroxylation sites is 1. The van der Waals surface area contributed by atoms with Crippen LogP contribution in [0.15, 0.2) is 64.9 Å². The highest BCUT2D eigenvalue weighted by atomic mass is 16.5. The summed E-state index contributed by atoms with van der Waals surface area (Å²) in [4.78, 5) is 35.7. The van der Waals surface area contributed by atoms with Gasteiger partial charge in [0, 0.05) is 41.2 Å². The summed E-state index contributed by atoms with van der Waals surface area (Å²) in [5.74, 6) is -0.546. The van der Waals surface area contributed by atoms with E-state index >= 15 is 0 Å². The molecule has 4 rings (SSSR count). The number of hydrogen-bond donors (Lipinski definition) is 2. The van der Waals surface area contributed by atoms with Crippen molar-refractivity contribution in [1.82, 2.24) is 19.7 Å². The van der Waals surface area contributed by atoms with Crippen molar-refractivity contribution in [3.05, 3.63) is 77.1 Å². The number of anilines is 1. The maximum Gasteiger partial charge on any atom is 0.315 e. The Morgan fingerprint density at radius 2 is 1.71 bits per heavy atom. The summed E-state index contributed by atoms with van der Waals surface area (Å²) in [6, 6.07) is 11.9. The van der Waals surface area contributed by atoms with Gasteiger partial charge in [0.25, 0.3) is 5.91 Å². The third-order valence-corrected chi connectivity index (χ3v) is 6.65. The van der Waals surface area contributed by atoms with Crippen molar-refractivity contribution in [3.8, 4) is 5.75 Å². The molecule has 0 fully saturated rings. The van der Waals surface area contributed by atoms with Gasteiger partial charge in [-0.05, 0) is 58.7 Å². The molecule has 0 bridgehead atoms. The molecule has 3 heterocycles. The lowest BCUT2D eigenvalue weighted by molar-refractivity contribution is -0.146. The van der Waals surface area contributed by atoms with E-state index in [4.69, 9.17) is 4.74 Å². The molecule has 10 nitrogen and oxygen atoms in total. The van der Waals surface area contributed by atoms with Gasteiger partial charge in [-0.3, -0.25) is 14.6 Å². The summed E-state index contributed by atoms with van der Waals surface area (Å²) < 4.78 is 7.72. The molecule has 1 aromatic carbocycles. The van der Waals surface area contributed by atoms with Crippen molar-refractivity contribution in [2.24, 2.45) is 10.9 Å². The first kappa shape index (κ1) is 26.7. The van der Waals surface area contributed by atoms with Crippen LogP contribution < -0.4 is 5.32 Å². The average molecular weight is 517 g/mol. The molecule has 0 radical (unpaired) electrons. The van der Waals surface area contributed by atoms with Crippen LogP contribution in [0.3, 0.4) is 0 Å². The highest BCUT2D eigenvalue weighted by Crippen LogP contribution is 2.43. The number of nitrogens with one attached hydrogen (secondary N) is 1. The molecule has 2 aromatic heterocycles. The molecule has 1 aliphatic heterocycles. The van der Waals surface area contributed by atoms with Crippen LogP contribution in [-0.4, -0.2) is 49.1 Å². The van der Waals surface area contributed by atoms with Gasteiger partial charge in [-0.2, -0.15) is 0 Å². The monoisotopic (exact) mass is 516 g/mol. The summed E-state index contributed by atoms with van der Waals surface area (Å²) in [7, 11) is 0. The van der Waals surface area contributed by atoms with Gasteiger partial charge in [0.2, 0.25) is 0 Å². The number of nitrogens with zero attached hydrogens (tertiary/aromatic N) is 5. The number of aryl methyl sites for hydroxylation is 2. The number of ether oxygens (including phenoxy) is 1. The standard InChI is InChI=1S/C28H32N6O4/c1-17-24(27(36)31-23-13-7-8-14-29-23)26(21-11-5-6-12-22(21)35)25(18(2)30-17)28(37)38-16-10-9-15-34-19(3)32-33-20(34)4/h5-8,11-14,25-26,35H,9-10,15-16H2,1-4H3,(H,29,31,36). The number of hydrogen-bond acceptors (Lipinski definition) is 8. The van der Waals surface area contributed by atoms with Crippen LogP contribution >= 0.6 is 0 Å². The van der Waals surface area contributed by atoms with Crippen LogP contribution in [0, 0.1) is 19.8 Å². The fourth-order valence-electron chi connectivity index (χ4n) is 4.79. The number of aromatic nitrogens is 4. The molecule has 1 aliphatic rings. The fraction of sp³-hybridized carbons (Fsp3) is 0.357. The van der Waals surface area contributed by atoms with Crippen molar-refractivity contribution in [1.29, 1.82) is 0 Å². The number of pyridine rings is 1. The minimum absolute atomic E-state index is 0.0133. The first-order valence-corrected chi connectivity index (χ1v) is 12.6. The molecule has 0 spiro atoms. The minimum Gasteiger partial charge on any atom is -0.508 e. The number of aliphatic imine (C=N–C) groups is 1. The maximum absolute atomic E-state index is 13.5. The molecule has 3 aromatic rings. The van der Waals surface area contributed by atoms with Crippen molar-refractivity contribution in [3.63, 3.8) is 0 Å². The summed E-state index contributed by atoms with van der Waals surface area (Å²) in [6.45, 7) is 8.22. The third-order valence-electron chi connectivity index (χ3n) is 6.65. The summed E-state index contributed by atoms with van der Waals surface area (Å²) >= 11 is 0. The van der Waals surface area contributed by atoms with E-state index in [1.54, 1.807) is 56.4 Å². The molecule has 0 saturated carbocycles. The Hall–Kier alpha value is -4.34. The van der Waals surface area contributed by atoms with Crippen molar-refractivity contribution < 1.29 is 19.4 Å². The molecular formula is C28H32N6O4. The number of rotatable bonds is 9. The Morgan fingerprint density at radius 1 is 1.00 bits per heavy atom. The van der Waals surface area contributed by atoms with E-state index in [1.807, 2.05) is 18.4 Å². The Kier molecular flexibility index (Phi) is 8.30. The number of phenols is 1. The van der Waals surface area contributed by atoms with Crippen LogP contribution in [0.2, 0.25) is 0 Å². The molecular weight excluding hydrogens is 484 g/mol. The predicted molar refractivity (Wildman–Crippen MR) is 143 cm³/mol. The Balaban J connectivity index is 1.54. The molecule has 38 heavy (non-hydrogen) atoms. The van der Waals surface area contributed by atoms with Crippen LogP contribution in [0.1, 0.15) is 49.8 Å². The average Bonchev–Trinajstić information content (AvgIpc) is 3.21. The number of aromatic hydroxyl groups is 1. The molecule has 0 saturated heterocycles. The zero-order chi connectivity index (χ0) is 27.2. The maximum atomic E-state index is 13.5.